The average molecular weight is 315 g/mol. The molecule has 1 aromatic rings. The van der Waals surface area contributed by atoms with Crippen LogP contribution in [0.5, 0.6) is 0 Å². The van der Waals surface area contributed by atoms with Crippen LogP contribution in [0.1, 0.15) is 36.8 Å². The molecular formula is C19H25NO3. The first-order valence-electron chi connectivity index (χ1n) is 8.62. The second-order valence-electron chi connectivity index (χ2n) is 7.11. The number of rotatable bonds is 6. The molecule has 4 heteroatoms. The Morgan fingerprint density at radius 1 is 1.26 bits per heavy atom. The molecule has 0 heterocycles. The molecule has 2 N–H and O–H groups in total. The molecule has 2 saturated carbocycles. The van der Waals surface area contributed by atoms with Crippen LogP contribution in [0, 0.1) is 30.6 Å². The van der Waals surface area contributed by atoms with Crippen LogP contribution in [0.2, 0.25) is 0 Å². The van der Waals surface area contributed by atoms with Gasteiger partial charge >= 0.3 is 5.97 Å². The summed E-state index contributed by atoms with van der Waals surface area (Å²) in [6, 6.07) is 7.89. The van der Waals surface area contributed by atoms with Crippen molar-refractivity contribution in [2.45, 2.75) is 39.0 Å². The summed E-state index contributed by atoms with van der Waals surface area (Å²) in [5.74, 6) is -0.0857. The highest BCUT2D eigenvalue weighted by Gasteiger charge is 2.54. The van der Waals surface area contributed by atoms with E-state index in [0.717, 1.165) is 24.0 Å². The average Bonchev–Trinajstić information content (AvgIpc) is 3.25. The number of carbonyl (C=O) groups is 2. The minimum Gasteiger partial charge on any atom is -0.481 e. The molecule has 3 unspecified atom stereocenters. The molecule has 4 nitrogen and oxygen atoms in total. The summed E-state index contributed by atoms with van der Waals surface area (Å²) < 4.78 is 0. The Kier molecular flexibility index (Phi) is 4.69. The number of nitrogens with one attached hydrogen (secondary N) is 1. The smallest absolute Gasteiger partial charge is 0.308 e. The van der Waals surface area contributed by atoms with Crippen molar-refractivity contribution >= 4 is 11.9 Å². The summed E-state index contributed by atoms with van der Waals surface area (Å²) in [4.78, 5) is 23.8. The van der Waals surface area contributed by atoms with Gasteiger partial charge in [0.25, 0.3) is 0 Å². The van der Waals surface area contributed by atoms with Gasteiger partial charge in [-0.2, -0.15) is 0 Å². The first kappa shape index (κ1) is 16.0. The highest BCUT2D eigenvalue weighted by atomic mass is 16.4. The van der Waals surface area contributed by atoms with Gasteiger partial charge in [0.05, 0.1) is 5.92 Å². The fourth-order valence-corrected chi connectivity index (χ4v) is 4.09. The van der Waals surface area contributed by atoms with Crippen LogP contribution >= 0.6 is 0 Å². The lowest BCUT2D eigenvalue weighted by Gasteiger charge is -2.14. The second kappa shape index (κ2) is 6.73. The molecule has 0 saturated heterocycles. The maximum absolute atomic E-state index is 12.3. The van der Waals surface area contributed by atoms with E-state index in [1.54, 1.807) is 0 Å². The van der Waals surface area contributed by atoms with Gasteiger partial charge in [0.15, 0.2) is 0 Å². The first-order chi connectivity index (χ1) is 11.1. The summed E-state index contributed by atoms with van der Waals surface area (Å²) in [7, 11) is 0. The molecule has 3 rings (SSSR count). The van der Waals surface area contributed by atoms with E-state index in [4.69, 9.17) is 0 Å². The number of carboxylic acid groups (broad SMARTS) is 1. The van der Waals surface area contributed by atoms with Crippen LogP contribution in [0.4, 0.5) is 0 Å². The third kappa shape index (κ3) is 3.74. The minimum atomic E-state index is -0.847. The van der Waals surface area contributed by atoms with Crippen molar-refractivity contribution in [1.29, 1.82) is 0 Å². The quantitative estimate of drug-likeness (QED) is 0.848. The topological polar surface area (TPSA) is 66.4 Å². The zero-order valence-corrected chi connectivity index (χ0v) is 13.6. The molecule has 3 atom stereocenters. The summed E-state index contributed by atoms with van der Waals surface area (Å²) in [5.41, 5.74) is 2.13. The number of amides is 1. The number of benzene rings is 1. The van der Waals surface area contributed by atoms with Crippen molar-refractivity contribution in [2.24, 2.45) is 23.7 Å². The summed E-state index contributed by atoms with van der Waals surface area (Å²) in [5, 5.41) is 12.3. The van der Waals surface area contributed by atoms with Gasteiger partial charge in [-0.1, -0.05) is 42.7 Å². The molecule has 2 aliphatic carbocycles. The van der Waals surface area contributed by atoms with E-state index in [0.29, 0.717) is 18.3 Å². The fourth-order valence-electron chi connectivity index (χ4n) is 4.09. The Morgan fingerprint density at radius 3 is 2.57 bits per heavy atom. The van der Waals surface area contributed by atoms with Crippen LogP contribution in [0.3, 0.4) is 0 Å². The number of aryl methyl sites for hydroxylation is 1. The van der Waals surface area contributed by atoms with E-state index in [1.165, 1.54) is 12.8 Å². The van der Waals surface area contributed by atoms with Crippen molar-refractivity contribution in [3.8, 4) is 0 Å². The molecular weight excluding hydrogens is 290 g/mol. The van der Waals surface area contributed by atoms with Crippen LogP contribution < -0.4 is 5.32 Å². The third-order valence-corrected chi connectivity index (χ3v) is 5.40. The Hall–Kier alpha value is -1.84. The minimum absolute atomic E-state index is 0.0670. The maximum Gasteiger partial charge on any atom is 0.308 e. The van der Waals surface area contributed by atoms with Gasteiger partial charge in [0, 0.05) is 12.5 Å². The van der Waals surface area contributed by atoms with Crippen LogP contribution in [-0.4, -0.2) is 23.5 Å². The number of carbonyl (C=O) groups excluding carboxylic acids is 1. The lowest BCUT2D eigenvalue weighted by atomic mass is 9.98. The van der Waals surface area contributed by atoms with E-state index in [9.17, 15) is 14.7 Å². The largest absolute Gasteiger partial charge is 0.481 e. The van der Waals surface area contributed by atoms with Crippen LogP contribution in [-0.2, 0) is 16.0 Å². The Morgan fingerprint density at radius 2 is 1.96 bits per heavy atom. The van der Waals surface area contributed by atoms with E-state index in [2.05, 4.69) is 5.32 Å². The van der Waals surface area contributed by atoms with Gasteiger partial charge in [-0.25, -0.2) is 0 Å². The summed E-state index contributed by atoms with van der Waals surface area (Å²) >= 11 is 0. The van der Waals surface area contributed by atoms with Crippen LogP contribution in [0.15, 0.2) is 24.3 Å². The Labute approximate surface area is 137 Å². The van der Waals surface area contributed by atoms with Crippen molar-refractivity contribution in [2.75, 3.05) is 6.54 Å². The first-order valence-corrected chi connectivity index (χ1v) is 8.62. The van der Waals surface area contributed by atoms with Gasteiger partial charge in [-0.05, 0) is 43.6 Å². The number of fused-ring (bicyclic) bond motifs is 1. The molecule has 23 heavy (non-hydrogen) atoms. The molecule has 0 radical (unpaired) electrons. The van der Waals surface area contributed by atoms with Gasteiger partial charge in [-0.3, -0.25) is 9.59 Å². The molecule has 124 valence electrons. The third-order valence-electron chi connectivity index (χ3n) is 5.40. The van der Waals surface area contributed by atoms with Gasteiger partial charge < -0.3 is 10.4 Å². The maximum atomic E-state index is 12.3. The number of hydrogen-bond donors (Lipinski definition) is 2. The lowest BCUT2D eigenvalue weighted by molar-refractivity contribution is -0.141. The Bertz CT molecular complexity index is 586. The van der Waals surface area contributed by atoms with E-state index < -0.39 is 11.9 Å². The number of aliphatic carboxylic acids is 1. The molecule has 2 fully saturated rings. The van der Waals surface area contributed by atoms with Crippen molar-refractivity contribution < 1.29 is 14.7 Å². The Balaban J connectivity index is 1.53. The zero-order chi connectivity index (χ0) is 16.4. The molecule has 0 bridgehead atoms. The van der Waals surface area contributed by atoms with E-state index >= 15 is 0 Å². The van der Waals surface area contributed by atoms with Crippen molar-refractivity contribution in [3.05, 3.63) is 35.4 Å². The molecule has 0 aliphatic heterocycles. The standard InChI is InChI=1S/C19H25NO3/c1-12-5-4-6-13(9-12)10-14(19(22)23)11-20-18(21)17-15-7-2-3-8-16(15)17/h4-6,9,14-17H,2-3,7-8,10-11H2,1H3,(H,20,21)(H,22,23). The van der Waals surface area contributed by atoms with Crippen molar-refractivity contribution in [1.82, 2.24) is 5.32 Å². The molecule has 2 aliphatic rings. The molecule has 0 aromatic heterocycles. The van der Waals surface area contributed by atoms with Crippen molar-refractivity contribution in [3.63, 3.8) is 0 Å². The summed E-state index contributed by atoms with van der Waals surface area (Å²) in [6.07, 6.45) is 5.24. The second-order valence-corrected chi connectivity index (χ2v) is 7.11. The van der Waals surface area contributed by atoms with Gasteiger partial charge in [0.2, 0.25) is 5.91 Å². The van der Waals surface area contributed by atoms with Gasteiger partial charge in [-0.15, -0.1) is 0 Å². The highest BCUT2D eigenvalue weighted by Crippen LogP contribution is 2.55. The fraction of sp³-hybridized carbons (Fsp3) is 0.579. The predicted octanol–water partition coefficient (Wildman–Crippen LogP) is 2.79. The number of carboxylic acids is 1. The lowest BCUT2D eigenvalue weighted by Crippen LogP contribution is -2.35. The summed E-state index contributed by atoms with van der Waals surface area (Å²) in [6.45, 7) is 2.22. The number of hydrogen-bond acceptors (Lipinski definition) is 2. The normalized spacial score (nSPS) is 26.9. The predicted molar refractivity (Wildman–Crippen MR) is 88.0 cm³/mol. The molecule has 1 amide bonds. The van der Waals surface area contributed by atoms with Gasteiger partial charge in [0.1, 0.15) is 0 Å². The monoisotopic (exact) mass is 315 g/mol. The molecule has 0 spiro atoms. The zero-order valence-electron chi connectivity index (χ0n) is 13.6. The molecule has 1 aromatic carbocycles. The van der Waals surface area contributed by atoms with E-state index in [-0.39, 0.29) is 18.4 Å². The SMILES string of the molecule is Cc1cccc(CC(CNC(=O)C2C3CCCCC32)C(=O)O)c1. The van der Waals surface area contributed by atoms with E-state index in [1.807, 2.05) is 31.2 Å². The highest BCUT2D eigenvalue weighted by molar-refractivity contribution is 5.83. The van der Waals surface area contributed by atoms with Crippen LogP contribution in [0.25, 0.3) is 0 Å².